The summed E-state index contributed by atoms with van der Waals surface area (Å²) in [5.41, 5.74) is 0. The van der Waals surface area contributed by atoms with Gasteiger partial charge >= 0.3 is 5.97 Å². The first kappa shape index (κ1) is 21.4. The van der Waals surface area contributed by atoms with Crippen LogP contribution in [0.5, 0.6) is 5.75 Å². The van der Waals surface area contributed by atoms with Crippen molar-refractivity contribution < 1.29 is 27.9 Å². The van der Waals surface area contributed by atoms with E-state index in [9.17, 15) is 14.0 Å². The third kappa shape index (κ3) is 5.86. The third-order valence-electron chi connectivity index (χ3n) is 3.91. The number of esters is 1. The second-order valence-electron chi connectivity index (χ2n) is 6.17. The van der Waals surface area contributed by atoms with Crippen LogP contribution < -0.4 is 4.74 Å². The Labute approximate surface area is 176 Å². The van der Waals surface area contributed by atoms with Crippen LogP contribution in [0, 0.1) is 5.82 Å². The summed E-state index contributed by atoms with van der Waals surface area (Å²) >= 11 is 1.47. The van der Waals surface area contributed by atoms with Crippen molar-refractivity contribution in [3.63, 3.8) is 0 Å². The van der Waals surface area contributed by atoms with Gasteiger partial charge in [-0.1, -0.05) is 25.1 Å². The molecule has 0 saturated heterocycles. The van der Waals surface area contributed by atoms with Crippen LogP contribution in [0.2, 0.25) is 0 Å². The lowest BCUT2D eigenvalue weighted by Gasteiger charge is -2.20. The van der Waals surface area contributed by atoms with Gasteiger partial charge in [0.25, 0.3) is 11.8 Å². The van der Waals surface area contributed by atoms with Gasteiger partial charge in [-0.2, -0.15) is 0 Å². The molecule has 2 heterocycles. The summed E-state index contributed by atoms with van der Waals surface area (Å²) < 4.78 is 29.1. The first-order valence-electron chi connectivity index (χ1n) is 9.23. The predicted molar refractivity (Wildman–Crippen MR) is 106 cm³/mol. The van der Waals surface area contributed by atoms with Crippen LogP contribution in [-0.4, -0.2) is 46.7 Å². The molecular formula is C20H20FN3O5S. The molecule has 0 spiro atoms. The Morgan fingerprint density at radius 1 is 1.17 bits per heavy atom. The number of hydrogen-bond donors (Lipinski definition) is 0. The molecule has 0 bridgehead atoms. The van der Waals surface area contributed by atoms with Crippen LogP contribution >= 0.6 is 11.3 Å². The fraction of sp³-hybridized carbons (Fsp3) is 0.300. The van der Waals surface area contributed by atoms with Crippen molar-refractivity contribution in [3.8, 4) is 16.5 Å². The second-order valence-corrected chi connectivity index (χ2v) is 7.12. The number of amides is 1. The van der Waals surface area contributed by atoms with E-state index in [4.69, 9.17) is 13.9 Å². The van der Waals surface area contributed by atoms with Gasteiger partial charge in [0.15, 0.2) is 24.8 Å². The Morgan fingerprint density at radius 3 is 2.73 bits per heavy atom. The van der Waals surface area contributed by atoms with Crippen LogP contribution in [-0.2, 0) is 20.9 Å². The largest absolute Gasteiger partial charge is 0.479 e. The van der Waals surface area contributed by atoms with E-state index in [1.807, 2.05) is 24.4 Å². The van der Waals surface area contributed by atoms with Crippen molar-refractivity contribution in [2.75, 3.05) is 19.8 Å². The summed E-state index contributed by atoms with van der Waals surface area (Å²) in [6.45, 7) is 1.48. The van der Waals surface area contributed by atoms with Crippen molar-refractivity contribution in [1.82, 2.24) is 15.1 Å². The Bertz CT molecular complexity index is 976. The minimum absolute atomic E-state index is 0.0636. The molecule has 0 aliphatic carbocycles. The lowest BCUT2D eigenvalue weighted by Crippen LogP contribution is -2.35. The molecule has 158 valence electrons. The zero-order valence-electron chi connectivity index (χ0n) is 16.2. The van der Waals surface area contributed by atoms with E-state index >= 15 is 0 Å². The molecule has 2 aromatic heterocycles. The van der Waals surface area contributed by atoms with Gasteiger partial charge in [-0.25, -0.2) is 9.18 Å². The molecule has 30 heavy (non-hydrogen) atoms. The van der Waals surface area contributed by atoms with Crippen LogP contribution in [0.4, 0.5) is 4.39 Å². The fourth-order valence-electron chi connectivity index (χ4n) is 2.52. The predicted octanol–water partition coefficient (Wildman–Crippen LogP) is 3.30. The molecule has 0 unspecified atom stereocenters. The minimum atomic E-state index is -0.777. The number of nitrogens with zero attached hydrogens (tertiary/aromatic N) is 3. The first-order chi connectivity index (χ1) is 14.6. The van der Waals surface area contributed by atoms with E-state index in [1.54, 1.807) is 6.07 Å². The van der Waals surface area contributed by atoms with Gasteiger partial charge in [0.05, 0.1) is 11.4 Å². The summed E-state index contributed by atoms with van der Waals surface area (Å²) in [4.78, 5) is 26.6. The van der Waals surface area contributed by atoms with Crippen molar-refractivity contribution in [3.05, 3.63) is 53.5 Å². The van der Waals surface area contributed by atoms with Gasteiger partial charge in [0.1, 0.15) is 0 Å². The second kappa shape index (κ2) is 10.5. The van der Waals surface area contributed by atoms with Crippen LogP contribution in [0.1, 0.15) is 19.2 Å². The van der Waals surface area contributed by atoms with E-state index in [1.165, 1.54) is 34.4 Å². The van der Waals surface area contributed by atoms with Gasteiger partial charge in [-0.15, -0.1) is 21.5 Å². The zero-order chi connectivity index (χ0) is 21.3. The maximum atomic E-state index is 13.5. The summed E-state index contributed by atoms with van der Waals surface area (Å²) in [5.74, 6) is -1.16. The van der Waals surface area contributed by atoms with Crippen LogP contribution in [0.3, 0.4) is 0 Å². The molecule has 0 radical (unpaired) electrons. The highest BCUT2D eigenvalue weighted by molar-refractivity contribution is 7.13. The number of hydrogen-bond acceptors (Lipinski definition) is 8. The zero-order valence-corrected chi connectivity index (χ0v) is 17.1. The minimum Gasteiger partial charge on any atom is -0.479 e. The summed E-state index contributed by atoms with van der Waals surface area (Å²) in [5, 5.41) is 9.86. The lowest BCUT2D eigenvalue weighted by molar-refractivity contribution is -0.154. The topological polar surface area (TPSA) is 94.8 Å². The monoisotopic (exact) mass is 433 g/mol. The number of halogens is 1. The van der Waals surface area contributed by atoms with Crippen molar-refractivity contribution >= 4 is 23.2 Å². The summed E-state index contributed by atoms with van der Waals surface area (Å²) in [6.07, 6.45) is 0.696. The maximum Gasteiger partial charge on any atom is 0.344 e. The Kier molecular flexibility index (Phi) is 7.50. The molecule has 3 aromatic rings. The molecule has 0 aliphatic rings. The Hall–Kier alpha value is -3.27. The number of benzene rings is 1. The quantitative estimate of drug-likeness (QED) is 0.453. The van der Waals surface area contributed by atoms with E-state index in [-0.39, 0.29) is 18.2 Å². The molecule has 0 aliphatic heterocycles. The number of para-hydroxylation sites is 1. The average molecular weight is 433 g/mol. The maximum absolute atomic E-state index is 13.5. The Morgan fingerprint density at radius 2 is 2.00 bits per heavy atom. The molecule has 1 aromatic carbocycles. The van der Waals surface area contributed by atoms with Gasteiger partial charge in [0.2, 0.25) is 5.89 Å². The van der Waals surface area contributed by atoms with E-state index in [0.29, 0.717) is 18.9 Å². The summed E-state index contributed by atoms with van der Waals surface area (Å²) in [7, 11) is 0. The number of ether oxygens (including phenoxy) is 2. The average Bonchev–Trinajstić information content (AvgIpc) is 3.43. The van der Waals surface area contributed by atoms with Crippen molar-refractivity contribution in [2.45, 2.75) is 19.9 Å². The van der Waals surface area contributed by atoms with E-state index in [0.717, 1.165) is 4.88 Å². The molecular weight excluding hydrogens is 413 g/mol. The van der Waals surface area contributed by atoms with Gasteiger partial charge in [-0.3, -0.25) is 4.79 Å². The SMILES string of the molecule is CCCN(Cc1nnc(-c2cccs2)o1)C(=O)COC(=O)COc1ccccc1F. The highest BCUT2D eigenvalue weighted by Crippen LogP contribution is 2.23. The highest BCUT2D eigenvalue weighted by atomic mass is 32.1. The third-order valence-corrected chi connectivity index (χ3v) is 4.77. The smallest absolute Gasteiger partial charge is 0.344 e. The molecule has 0 N–H and O–H groups in total. The van der Waals surface area contributed by atoms with Gasteiger partial charge in [0, 0.05) is 6.54 Å². The molecule has 1 amide bonds. The molecule has 8 nitrogen and oxygen atoms in total. The number of rotatable bonds is 10. The number of thiophene rings is 1. The van der Waals surface area contributed by atoms with Crippen LogP contribution in [0.15, 0.2) is 46.2 Å². The summed E-state index contributed by atoms with van der Waals surface area (Å²) in [6, 6.07) is 9.44. The molecule has 0 saturated carbocycles. The highest BCUT2D eigenvalue weighted by Gasteiger charge is 2.19. The van der Waals surface area contributed by atoms with E-state index < -0.39 is 30.9 Å². The normalized spacial score (nSPS) is 10.6. The van der Waals surface area contributed by atoms with Gasteiger partial charge < -0.3 is 18.8 Å². The molecule has 10 heteroatoms. The molecule has 3 rings (SSSR count). The van der Waals surface area contributed by atoms with Crippen molar-refractivity contribution in [1.29, 1.82) is 0 Å². The van der Waals surface area contributed by atoms with Crippen molar-refractivity contribution in [2.24, 2.45) is 0 Å². The first-order valence-corrected chi connectivity index (χ1v) is 10.1. The number of aromatic nitrogens is 2. The molecule has 0 atom stereocenters. The lowest BCUT2D eigenvalue weighted by atomic mass is 10.3. The number of carbonyl (C=O) groups excluding carboxylic acids is 2. The standard InChI is InChI=1S/C20H20FN3O5S/c1-2-9-24(11-17-22-23-20(29-17)16-8-5-10-30-16)18(25)12-28-19(26)13-27-15-7-4-3-6-14(15)21/h3-8,10H,2,9,11-13H2,1H3. The number of carbonyl (C=O) groups is 2. The Balaban J connectivity index is 1.50. The fourth-order valence-corrected chi connectivity index (χ4v) is 3.16. The molecule has 0 fully saturated rings. The van der Waals surface area contributed by atoms with Crippen LogP contribution in [0.25, 0.3) is 10.8 Å². The van der Waals surface area contributed by atoms with E-state index in [2.05, 4.69) is 10.2 Å². The van der Waals surface area contributed by atoms with Gasteiger partial charge in [-0.05, 0) is 30.0 Å².